The molecule has 0 aromatic heterocycles. The maximum atomic E-state index is 12.2. The van der Waals surface area contributed by atoms with E-state index in [1.54, 1.807) is 6.07 Å². The van der Waals surface area contributed by atoms with E-state index < -0.39 is 20.7 Å². The zero-order valence-corrected chi connectivity index (χ0v) is 11.3. The van der Waals surface area contributed by atoms with Crippen molar-refractivity contribution >= 4 is 21.6 Å². The highest BCUT2D eigenvalue weighted by molar-refractivity contribution is 7.88. The smallest absolute Gasteiger partial charge is 0.273 e. The van der Waals surface area contributed by atoms with Crippen molar-refractivity contribution in [3.05, 3.63) is 39.9 Å². The van der Waals surface area contributed by atoms with Gasteiger partial charge in [-0.05, 0) is 0 Å². The molecule has 2 rings (SSSR count). The van der Waals surface area contributed by atoms with Gasteiger partial charge in [0.25, 0.3) is 5.69 Å². The summed E-state index contributed by atoms with van der Waals surface area (Å²) in [7, 11) is -3.76. The molecule has 1 amide bonds. The number of hydrogen-bond acceptors (Lipinski definition) is 5. The van der Waals surface area contributed by atoms with Gasteiger partial charge < -0.3 is 5.32 Å². The summed E-state index contributed by atoms with van der Waals surface area (Å²) in [4.78, 5) is 21.5. The Morgan fingerprint density at radius 3 is 2.70 bits per heavy atom. The van der Waals surface area contributed by atoms with E-state index in [2.05, 4.69) is 5.32 Å². The van der Waals surface area contributed by atoms with Crippen LogP contribution in [0.15, 0.2) is 24.3 Å². The van der Waals surface area contributed by atoms with Gasteiger partial charge in [-0.15, -0.1) is 0 Å². The van der Waals surface area contributed by atoms with Gasteiger partial charge in [0.1, 0.15) is 0 Å². The summed E-state index contributed by atoms with van der Waals surface area (Å²) >= 11 is 0. The fourth-order valence-electron chi connectivity index (χ4n) is 1.95. The SMILES string of the molecule is O=C1CN(S(=O)(=O)Cc2ccccc2[N+](=O)[O-])CCN1. The lowest BCUT2D eigenvalue weighted by molar-refractivity contribution is -0.385. The van der Waals surface area contributed by atoms with Crippen molar-refractivity contribution < 1.29 is 18.1 Å². The lowest BCUT2D eigenvalue weighted by Crippen LogP contribution is -2.50. The van der Waals surface area contributed by atoms with E-state index in [0.29, 0.717) is 0 Å². The minimum Gasteiger partial charge on any atom is -0.354 e. The summed E-state index contributed by atoms with van der Waals surface area (Å²) in [6.45, 7) is 0.173. The Kier molecular flexibility index (Phi) is 4.00. The number of amides is 1. The van der Waals surface area contributed by atoms with Gasteiger partial charge in [-0.3, -0.25) is 14.9 Å². The fraction of sp³-hybridized carbons (Fsp3) is 0.364. The maximum Gasteiger partial charge on any atom is 0.273 e. The molecule has 0 atom stereocenters. The van der Waals surface area contributed by atoms with Crippen molar-refractivity contribution in [3.63, 3.8) is 0 Å². The second-order valence-electron chi connectivity index (χ2n) is 4.33. The Balaban J connectivity index is 2.24. The monoisotopic (exact) mass is 299 g/mol. The predicted octanol–water partition coefficient (Wildman–Crippen LogP) is -0.144. The van der Waals surface area contributed by atoms with Crippen molar-refractivity contribution in [1.29, 1.82) is 0 Å². The van der Waals surface area contributed by atoms with Gasteiger partial charge in [0.05, 0.1) is 17.2 Å². The molecule has 0 radical (unpaired) electrons. The summed E-state index contributed by atoms with van der Waals surface area (Å²) in [6, 6.07) is 5.68. The number of nitro benzene ring substituents is 1. The molecule has 1 aliphatic heterocycles. The molecule has 1 fully saturated rings. The fourth-order valence-corrected chi connectivity index (χ4v) is 3.45. The van der Waals surface area contributed by atoms with Gasteiger partial charge in [-0.25, -0.2) is 8.42 Å². The molecule has 0 spiro atoms. The number of piperazine rings is 1. The Bertz CT molecular complexity index is 643. The number of carbonyl (C=O) groups excluding carboxylic acids is 1. The summed E-state index contributed by atoms with van der Waals surface area (Å²) in [6.07, 6.45) is 0. The number of hydrogen-bond donors (Lipinski definition) is 1. The summed E-state index contributed by atoms with van der Waals surface area (Å²) < 4.78 is 25.4. The van der Waals surface area contributed by atoms with Crippen LogP contribution < -0.4 is 5.32 Å². The molecule has 1 heterocycles. The van der Waals surface area contributed by atoms with Gasteiger partial charge in [-0.1, -0.05) is 18.2 Å². The van der Waals surface area contributed by atoms with Crippen molar-refractivity contribution in [3.8, 4) is 0 Å². The molecule has 0 saturated carbocycles. The molecule has 0 bridgehead atoms. The number of rotatable bonds is 4. The molecule has 1 aromatic rings. The van der Waals surface area contributed by atoms with Gasteiger partial charge in [-0.2, -0.15) is 4.31 Å². The quantitative estimate of drug-likeness (QED) is 0.614. The first kappa shape index (κ1) is 14.4. The number of benzene rings is 1. The van der Waals surface area contributed by atoms with Crippen molar-refractivity contribution in [2.24, 2.45) is 0 Å². The first-order chi connectivity index (χ1) is 9.40. The third-order valence-corrected chi connectivity index (χ3v) is 4.70. The molecular weight excluding hydrogens is 286 g/mol. The zero-order chi connectivity index (χ0) is 14.8. The number of nitrogens with one attached hydrogen (secondary N) is 1. The van der Waals surface area contributed by atoms with E-state index in [1.807, 2.05) is 0 Å². The molecule has 1 aliphatic rings. The van der Waals surface area contributed by atoms with E-state index in [4.69, 9.17) is 0 Å². The summed E-state index contributed by atoms with van der Waals surface area (Å²) in [5, 5.41) is 13.4. The largest absolute Gasteiger partial charge is 0.354 e. The van der Waals surface area contributed by atoms with Crippen LogP contribution in [0.2, 0.25) is 0 Å². The van der Waals surface area contributed by atoms with Crippen LogP contribution in [0.25, 0.3) is 0 Å². The number of nitrogens with zero attached hydrogens (tertiary/aromatic N) is 2. The highest BCUT2D eigenvalue weighted by atomic mass is 32.2. The number of sulfonamides is 1. The van der Waals surface area contributed by atoms with Crippen LogP contribution in [0, 0.1) is 10.1 Å². The van der Waals surface area contributed by atoms with Crippen LogP contribution in [-0.4, -0.2) is 43.2 Å². The third kappa shape index (κ3) is 3.11. The van der Waals surface area contributed by atoms with E-state index >= 15 is 0 Å². The van der Waals surface area contributed by atoms with Gasteiger partial charge in [0.2, 0.25) is 15.9 Å². The molecule has 1 saturated heterocycles. The molecule has 1 N–H and O–H groups in total. The van der Waals surface area contributed by atoms with Crippen molar-refractivity contribution in [1.82, 2.24) is 9.62 Å². The number of para-hydroxylation sites is 1. The van der Waals surface area contributed by atoms with E-state index in [9.17, 15) is 23.3 Å². The highest BCUT2D eigenvalue weighted by Crippen LogP contribution is 2.21. The molecular formula is C11H13N3O5S. The molecule has 9 heteroatoms. The molecule has 1 aromatic carbocycles. The van der Waals surface area contributed by atoms with Crippen molar-refractivity contribution in [2.75, 3.05) is 19.6 Å². The first-order valence-electron chi connectivity index (χ1n) is 5.87. The van der Waals surface area contributed by atoms with Crippen LogP contribution in [0.3, 0.4) is 0 Å². The van der Waals surface area contributed by atoms with Crippen LogP contribution >= 0.6 is 0 Å². The molecule has 0 unspecified atom stereocenters. The van der Waals surface area contributed by atoms with Gasteiger partial charge in [0, 0.05) is 24.7 Å². The second-order valence-corrected chi connectivity index (χ2v) is 6.29. The minimum absolute atomic E-state index is 0.114. The molecule has 20 heavy (non-hydrogen) atoms. The van der Waals surface area contributed by atoms with E-state index in [-0.39, 0.29) is 36.8 Å². The van der Waals surface area contributed by atoms with Crippen LogP contribution in [-0.2, 0) is 20.6 Å². The summed E-state index contributed by atoms with van der Waals surface area (Å²) in [5.41, 5.74) is -0.124. The maximum absolute atomic E-state index is 12.2. The standard InChI is InChI=1S/C11H13N3O5S/c15-11-7-13(6-5-12-11)20(18,19)8-9-3-1-2-4-10(9)14(16)17/h1-4H,5-8H2,(H,12,15). The van der Waals surface area contributed by atoms with Crippen LogP contribution in [0.5, 0.6) is 0 Å². The van der Waals surface area contributed by atoms with Crippen LogP contribution in [0.1, 0.15) is 5.56 Å². The molecule has 8 nitrogen and oxygen atoms in total. The third-order valence-electron chi connectivity index (χ3n) is 2.92. The highest BCUT2D eigenvalue weighted by Gasteiger charge is 2.29. The van der Waals surface area contributed by atoms with Gasteiger partial charge >= 0.3 is 0 Å². The average molecular weight is 299 g/mol. The Hall–Kier alpha value is -2.00. The number of carbonyl (C=O) groups is 1. The summed E-state index contributed by atoms with van der Waals surface area (Å²) in [5.74, 6) is -0.861. The number of nitro groups is 1. The van der Waals surface area contributed by atoms with E-state index in [1.165, 1.54) is 18.2 Å². The average Bonchev–Trinajstić information content (AvgIpc) is 2.38. The topological polar surface area (TPSA) is 110 Å². The lowest BCUT2D eigenvalue weighted by atomic mass is 10.2. The normalized spacial score (nSPS) is 16.7. The zero-order valence-electron chi connectivity index (χ0n) is 10.5. The Labute approximate surface area is 115 Å². The molecule has 108 valence electrons. The Morgan fingerprint density at radius 2 is 2.05 bits per heavy atom. The first-order valence-corrected chi connectivity index (χ1v) is 7.48. The van der Waals surface area contributed by atoms with E-state index in [0.717, 1.165) is 4.31 Å². The minimum atomic E-state index is -3.76. The second kappa shape index (κ2) is 5.55. The van der Waals surface area contributed by atoms with Crippen LogP contribution in [0.4, 0.5) is 5.69 Å². The lowest BCUT2D eigenvalue weighted by Gasteiger charge is -2.25. The molecule has 0 aliphatic carbocycles. The Morgan fingerprint density at radius 1 is 1.35 bits per heavy atom. The van der Waals surface area contributed by atoms with Crippen molar-refractivity contribution in [2.45, 2.75) is 5.75 Å². The van der Waals surface area contributed by atoms with Gasteiger partial charge in [0.15, 0.2) is 0 Å². The predicted molar refractivity (Wildman–Crippen MR) is 70.3 cm³/mol.